The summed E-state index contributed by atoms with van der Waals surface area (Å²) in [5.41, 5.74) is 0.433. The van der Waals surface area contributed by atoms with Crippen molar-refractivity contribution in [2.75, 3.05) is 13.1 Å². The van der Waals surface area contributed by atoms with Crippen molar-refractivity contribution in [3.8, 4) is 0 Å². The molecule has 1 saturated heterocycles. The molecule has 1 fully saturated rings. The minimum absolute atomic E-state index is 0. The number of nitrogens with zero attached hydrogens (tertiary/aromatic N) is 1. The lowest BCUT2D eigenvalue weighted by molar-refractivity contribution is 0.0950. The average molecular weight is 276 g/mol. The van der Waals surface area contributed by atoms with Crippen molar-refractivity contribution in [2.45, 2.75) is 18.9 Å². The van der Waals surface area contributed by atoms with Gasteiger partial charge in [-0.15, -0.1) is 12.4 Å². The minimum atomic E-state index is -0.160. The van der Waals surface area contributed by atoms with Gasteiger partial charge < -0.3 is 10.6 Å². The lowest BCUT2D eigenvalue weighted by Gasteiger charge is -2.11. The first-order valence-corrected chi connectivity index (χ1v) is 5.77. The lowest BCUT2D eigenvalue weighted by Crippen LogP contribution is -2.37. The van der Waals surface area contributed by atoms with E-state index in [1.807, 2.05) is 0 Å². The Morgan fingerprint density at radius 3 is 3.12 bits per heavy atom. The van der Waals surface area contributed by atoms with Crippen molar-refractivity contribution in [1.29, 1.82) is 0 Å². The smallest absolute Gasteiger partial charge is 0.254 e. The van der Waals surface area contributed by atoms with Gasteiger partial charge in [0.25, 0.3) is 5.91 Å². The second-order valence-electron chi connectivity index (χ2n) is 3.85. The summed E-state index contributed by atoms with van der Waals surface area (Å²) in [5.74, 6) is -0.160. The molecule has 0 spiro atoms. The first-order chi connectivity index (χ1) is 7.77. The first kappa shape index (κ1) is 14.2. The Morgan fingerprint density at radius 2 is 2.47 bits per heavy atom. The summed E-state index contributed by atoms with van der Waals surface area (Å²) < 4.78 is 0. The van der Waals surface area contributed by atoms with Crippen molar-refractivity contribution in [1.82, 2.24) is 15.6 Å². The summed E-state index contributed by atoms with van der Waals surface area (Å²) in [7, 11) is 0. The Labute approximate surface area is 112 Å². The van der Waals surface area contributed by atoms with Crippen molar-refractivity contribution >= 4 is 29.9 Å². The fraction of sp³-hybridized carbons (Fsp3) is 0.455. The van der Waals surface area contributed by atoms with E-state index in [1.165, 1.54) is 6.42 Å². The number of nitrogens with one attached hydrogen (secondary N) is 2. The van der Waals surface area contributed by atoms with E-state index in [9.17, 15) is 4.79 Å². The molecule has 2 heterocycles. The highest BCUT2D eigenvalue weighted by Gasteiger charge is 2.16. The predicted octanol–water partition coefficient (Wildman–Crippen LogP) is 1.64. The topological polar surface area (TPSA) is 54.0 Å². The number of carbonyl (C=O) groups excluding carboxylic acids is 1. The van der Waals surface area contributed by atoms with Gasteiger partial charge in [0.1, 0.15) is 5.15 Å². The van der Waals surface area contributed by atoms with E-state index >= 15 is 0 Å². The number of carbonyl (C=O) groups is 1. The average Bonchev–Trinajstić information content (AvgIpc) is 2.79. The lowest BCUT2D eigenvalue weighted by atomic mass is 10.2. The van der Waals surface area contributed by atoms with Crippen molar-refractivity contribution in [2.24, 2.45) is 0 Å². The van der Waals surface area contributed by atoms with Gasteiger partial charge in [0.05, 0.1) is 5.56 Å². The molecule has 1 unspecified atom stereocenters. The molecule has 94 valence electrons. The van der Waals surface area contributed by atoms with Crippen LogP contribution in [-0.2, 0) is 0 Å². The van der Waals surface area contributed by atoms with Crippen LogP contribution in [0.15, 0.2) is 18.3 Å². The molecule has 0 aromatic carbocycles. The summed E-state index contributed by atoms with van der Waals surface area (Å²) in [6.45, 7) is 1.68. The maximum absolute atomic E-state index is 11.8. The maximum atomic E-state index is 11.8. The van der Waals surface area contributed by atoms with E-state index in [0.717, 1.165) is 13.0 Å². The van der Waals surface area contributed by atoms with Crippen molar-refractivity contribution in [3.63, 3.8) is 0 Å². The van der Waals surface area contributed by atoms with Gasteiger partial charge in [-0.3, -0.25) is 4.79 Å². The van der Waals surface area contributed by atoms with E-state index in [-0.39, 0.29) is 23.5 Å². The molecule has 17 heavy (non-hydrogen) atoms. The Kier molecular flexibility index (Phi) is 5.68. The van der Waals surface area contributed by atoms with E-state index in [0.29, 0.717) is 18.2 Å². The van der Waals surface area contributed by atoms with Crippen molar-refractivity contribution < 1.29 is 4.79 Å². The molecule has 0 aliphatic carbocycles. The van der Waals surface area contributed by atoms with Crippen LogP contribution in [0.5, 0.6) is 0 Å². The van der Waals surface area contributed by atoms with Crippen molar-refractivity contribution in [3.05, 3.63) is 29.0 Å². The molecule has 0 bridgehead atoms. The Morgan fingerprint density at radius 1 is 1.65 bits per heavy atom. The zero-order valence-electron chi connectivity index (χ0n) is 9.28. The summed E-state index contributed by atoms with van der Waals surface area (Å²) in [6, 6.07) is 3.76. The molecular formula is C11H15Cl2N3O. The highest BCUT2D eigenvalue weighted by molar-refractivity contribution is 6.32. The standard InChI is InChI=1S/C11H14ClN3O.ClH/c12-10-9(4-2-6-14-10)11(16)15-7-8-3-1-5-13-8;/h2,4,6,8,13H,1,3,5,7H2,(H,15,16);1H. The van der Waals surface area contributed by atoms with E-state index in [4.69, 9.17) is 11.6 Å². The quantitative estimate of drug-likeness (QED) is 0.825. The van der Waals surface area contributed by atoms with Gasteiger partial charge in [-0.1, -0.05) is 11.6 Å². The molecule has 1 aliphatic heterocycles. The monoisotopic (exact) mass is 275 g/mol. The van der Waals surface area contributed by atoms with Crippen LogP contribution < -0.4 is 10.6 Å². The summed E-state index contributed by atoms with van der Waals surface area (Å²) in [5, 5.41) is 6.42. The van der Waals surface area contributed by atoms with Gasteiger partial charge in [-0.2, -0.15) is 0 Å². The number of aromatic nitrogens is 1. The predicted molar refractivity (Wildman–Crippen MR) is 69.9 cm³/mol. The van der Waals surface area contributed by atoms with Crippen LogP contribution >= 0.6 is 24.0 Å². The molecule has 1 aromatic rings. The summed E-state index contributed by atoms with van der Waals surface area (Å²) in [6.07, 6.45) is 3.85. The highest BCUT2D eigenvalue weighted by Crippen LogP contribution is 2.11. The zero-order chi connectivity index (χ0) is 11.4. The third-order valence-electron chi connectivity index (χ3n) is 2.68. The van der Waals surface area contributed by atoms with Gasteiger partial charge in [-0.25, -0.2) is 4.98 Å². The number of rotatable bonds is 3. The SMILES string of the molecule is Cl.O=C(NCC1CCCN1)c1cccnc1Cl. The van der Waals surface area contributed by atoms with Gasteiger partial charge in [0.15, 0.2) is 0 Å². The fourth-order valence-corrected chi connectivity index (χ4v) is 2.00. The van der Waals surface area contributed by atoms with Gasteiger partial charge in [0, 0.05) is 18.8 Å². The summed E-state index contributed by atoms with van der Waals surface area (Å²) >= 11 is 5.83. The molecule has 4 nitrogen and oxygen atoms in total. The second kappa shape index (κ2) is 6.79. The Bertz CT molecular complexity index is 381. The molecule has 1 aromatic heterocycles. The van der Waals surface area contributed by atoms with Gasteiger partial charge in [-0.05, 0) is 31.5 Å². The van der Waals surface area contributed by atoms with Gasteiger partial charge >= 0.3 is 0 Å². The first-order valence-electron chi connectivity index (χ1n) is 5.39. The van der Waals surface area contributed by atoms with E-state index in [2.05, 4.69) is 15.6 Å². The number of amides is 1. The number of hydrogen-bond donors (Lipinski definition) is 2. The second-order valence-corrected chi connectivity index (χ2v) is 4.20. The largest absolute Gasteiger partial charge is 0.350 e. The van der Waals surface area contributed by atoms with E-state index < -0.39 is 0 Å². The molecule has 6 heteroatoms. The highest BCUT2D eigenvalue weighted by atomic mass is 35.5. The van der Waals surface area contributed by atoms with Crippen LogP contribution in [0.1, 0.15) is 23.2 Å². The third kappa shape index (κ3) is 3.84. The van der Waals surface area contributed by atoms with Crippen LogP contribution in [0.2, 0.25) is 5.15 Å². The molecule has 1 atom stereocenters. The van der Waals surface area contributed by atoms with E-state index in [1.54, 1.807) is 18.3 Å². The Hall–Kier alpha value is -0.840. The molecular weight excluding hydrogens is 261 g/mol. The van der Waals surface area contributed by atoms with Crippen LogP contribution in [0, 0.1) is 0 Å². The maximum Gasteiger partial charge on any atom is 0.254 e. The normalized spacial score (nSPS) is 18.5. The molecule has 2 rings (SSSR count). The summed E-state index contributed by atoms with van der Waals surface area (Å²) in [4.78, 5) is 15.6. The molecule has 0 radical (unpaired) electrons. The Balaban J connectivity index is 0.00000144. The van der Waals surface area contributed by atoms with Crippen LogP contribution in [-0.4, -0.2) is 30.0 Å². The molecule has 2 N–H and O–H groups in total. The molecule has 1 aliphatic rings. The van der Waals surface area contributed by atoms with Crippen LogP contribution in [0.3, 0.4) is 0 Å². The minimum Gasteiger partial charge on any atom is -0.350 e. The van der Waals surface area contributed by atoms with Gasteiger partial charge in [0.2, 0.25) is 0 Å². The molecule has 0 saturated carbocycles. The number of pyridine rings is 1. The third-order valence-corrected chi connectivity index (χ3v) is 2.98. The van der Waals surface area contributed by atoms with Crippen LogP contribution in [0.25, 0.3) is 0 Å². The fourth-order valence-electron chi connectivity index (χ4n) is 1.80. The zero-order valence-corrected chi connectivity index (χ0v) is 10.9. The molecule has 1 amide bonds. The number of hydrogen-bond acceptors (Lipinski definition) is 3. The van der Waals surface area contributed by atoms with Crippen LogP contribution in [0.4, 0.5) is 0 Å². The number of halogens is 2.